The van der Waals surface area contributed by atoms with Crippen molar-refractivity contribution in [3.63, 3.8) is 0 Å². The third-order valence-electron chi connectivity index (χ3n) is 6.56. The second kappa shape index (κ2) is 8.82. The number of nitrogens with zero attached hydrogens (tertiary/aromatic N) is 4. The lowest BCUT2D eigenvalue weighted by Crippen LogP contribution is -2.35. The van der Waals surface area contributed by atoms with Crippen molar-refractivity contribution in [1.29, 1.82) is 0 Å². The molecular formula is C23H21F4N5O3. The molecule has 2 aromatic carbocycles. The van der Waals surface area contributed by atoms with Crippen molar-refractivity contribution in [2.45, 2.75) is 19.2 Å². The molecule has 2 aliphatic heterocycles. The quantitative estimate of drug-likeness (QED) is 0.554. The van der Waals surface area contributed by atoms with Crippen LogP contribution in [0.4, 0.5) is 17.6 Å². The number of carbonyl (C=O) groups is 2. The molecule has 35 heavy (non-hydrogen) atoms. The number of benzene rings is 2. The highest BCUT2D eigenvalue weighted by Gasteiger charge is 2.43. The van der Waals surface area contributed by atoms with E-state index in [1.54, 1.807) is 28.0 Å². The Morgan fingerprint density at radius 1 is 0.971 bits per heavy atom. The molecule has 2 amide bonds. The minimum Gasteiger partial charge on any atom is -0.406 e. The van der Waals surface area contributed by atoms with E-state index in [2.05, 4.69) is 20.1 Å². The third-order valence-corrected chi connectivity index (χ3v) is 6.56. The van der Waals surface area contributed by atoms with Gasteiger partial charge in [-0.25, -0.2) is 4.39 Å². The van der Waals surface area contributed by atoms with Gasteiger partial charge in [-0.2, -0.15) is 15.4 Å². The lowest BCUT2D eigenvalue weighted by atomic mass is 10.0. The number of hydrogen-bond donors (Lipinski definition) is 1. The smallest absolute Gasteiger partial charge is 0.406 e. The zero-order valence-electron chi connectivity index (χ0n) is 18.4. The van der Waals surface area contributed by atoms with Crippen LogP contribution in [0.25, 0.3) is 11.0 Å². The average molecular weight is 491 g/mol. The summed E-state index contributed by atoms with van der Waals surface area (Å²) >= 11 is 0. The molecule has 12 heteroatoms. The molecule has 2 saturated heterocycles. The van der Waals surface area contributed by atoms with Crippen LogP contribution in [0.2, 0.25) is 0 Å². The number of rotatable bonds is 5. The molecule has 0 aliphatic carbocycles. The zero-order chi connectivity index (χ0) is 24.7. The molecule has 5 rings (SSSR count). The van der Waals surface area contributed by atoms with Crippen LogP contribution in [0.5, 0.6) is 5.75 Å². The Kier molecular flexibility index (Phi) is 5.81. The normalized spacial score (nSPS) is 19.9. The van der Waals surface area contributed by atoms with E-state index in [9.17, 15) is 27.2 Å². The average Bonchev–Trinajstić information content (AvgIpc) is 3.51. The van der Waals surface area contributed by atoms with Gasteiger partial charge in [0.25, 0.3) is 5.91 Å². The minimum atomic E-state index is -4.90. The van der Waals surface area contributed by atoms with E-state index in [1.807, 2.05) is 0 Å². The number of halogens is 4. The highest BCUT2D eigenvalue weighted by atomic mass is 19.4. The molecule has 2 fully saturated rings. The Labute approximate surface area is 196 Å². The molecule has 0 radical (unpaired) electrons. The van der Waals surface area contributed by atoms with Crippen LogP contribution < -0.4 is 4.74 Å². The first-order valence-electron chi connectivity index (χ1n) is 11.1. The van der Waals surface area contributed by atoms with Crippen LogP contribution in [0.1, 0.15) is 22.3 Å². The first-order valence-corrected chi connectivity index (χ1v) is 11.1. The van der Waals surface area contributed by atoms with Gasteiger partial charge >= 0.3 is 6.36 Å². The first kappa shape index (κ1) is 23.1. The van der Waals surface area contributed by atoms with Gasteiger partial charge in [0.1, 0.15) is 22.6 Å². The fraction of sp³-hybridized carbons (Fsp3) is 0.391. The van der Waals surface area contributed by atoms with Gasteiger partial charge in [-0.3, -0.25) is 9.59 Å². The molecule has 2 atom stereocenters. The van der Waals surface area contributed by atoms with E-state index in [0.717, 1.165) is 6.07 Å². The second-order valence-corrected chi connectivity index (χ2v) is 8.86. The number of nitrogens with one attached hydrogen (secondary N) is 1. The van der Waals surface area contributed by atoms with Gasteiger partial charge in [-0.05, 0) is 36.2 Å². The summed E-state index contributed by atoms with van der Waals surface area (Å²) in [5.41, 5.74) is 1.98. The highest BCUT2D eigenvalue weighted by molar-refractivity contribution is 5.97. The first-order chi connectivity index (χ1) is 16.7. The van der Waals surface area contributed by atoms with Crippen molar-refractivity contribution < 1.29 is 31.9 Å². The van der Waals surface area contributed by atoms with E-state index < -0.39 is 17.9 Å². The van der Waals surface area contributed by atoms with E-state index in [4.69, 9.17) is 0 Å². The largest absolute Gasteiger partial charge is 0.573 e. The Bertz CT molecular complexity index is 1260. The molecule has 0 bridgehead atoms. The number of aromatic amines is 1. The van der Waals surface area contributed by atoms with Crippen molar-refractivity contribution in [2.24, 2.45) is 11.8 Å². The van der Waals surface area contributed by atoms with Crippen LogP contribution in [0.15, 0.2) is 36.4 Å². The number of carbonyl (C=O) groups excluding carboxylic acids is 2. The predicted molar refractivity (Wildman–Crippen MR) is 115 cm³/mol. The van der Waals surface area contributed by atoms with Crippen molar-refractivity contribution in [3.8, 4) is 5.75 Å². The number of ether oxygens (including phenoxy) is 1. The predicted octanol–water partition coefficient (Wildman–Crippen LogP) is 3.16. The summed E-state index contributed by atoms with van der Waals surface area (Å²) in [4.78, 5) is 29.1. The maximum atomic E-state index is 14.1. The van der Waals surface area contributed by atoms with E-state index in [1.165, 1.54) is 6.07 Å². The monoisotopic (exact) mass is 491 g/mol. The van der Waals surface area contributed by atoms with Gasteiger partial charge in [0.05, 0.1) is 0 Å². The Morgan fingerprint density at radius 3 is 2.34 bits per heavy atom. The zero-order valence-corrected chi connectivity index (χ0v) is 18.4. The van der Waals surface area contributed by atoms with Gasteiger partial charge in [-0.1, -0.05) is 6.07 Å². The summed E-state index contributed by atoms with van der Waals surface area (Å²) in [7, 11) is 0. The SMILES string of the molecule is O=C(CCc1ccc(OC(F)(F)F)cc1F)N1CC2CN(C(=O)c3ccc4n[nH]nc4c3)CC2C1. The van der Waals surface area contributed by atoms with Gasteiger partial charge in [0.2, 0.25) is 5.91 Å². The Morgan fingerprint density at radius 2 is 1.66 bits per heavy atom. The topological polar surface area (TPSA) is 91.4 Å². The van der Waals surface area contributed by atoms with Crippen LogP contribution in [0.3, 0.4) is 0 Å². The van der Waals surface area contributed by atoms with Crippen LogP contribution in [-0.4, -0.2) is 69.6 Å². The minimum absolute atomic E-state index is 0.0379. The van der Waals surface area contributed by atoms with Crippen molar-refractivity contribution in [2.75, 3.05) is 26.2 Å². The van der Waals surface area contributed by atoms with Gasteiger partial charge in [0.15, 0.2) is 0 Å². The summed E-state index contributed by atoms with van der Waals surface area (Å²) < 4.78 is 54.7. The van der Waals surface area contributed by atoms with Gasteiger partial charge in [-0.15, -0.1) is 13.2 Å². The fourth-order valence-electron chi connectivity index (χ4n) is 4.85. The standard InChI is InChI=1S/C23H21F4N5O3/c24-18-8-17(35-23(25,26)27)4-1-13(18)3-6-21(33)31-9-15-11-32(12-16(15)10-31)22(34)14-2-5-19-20(7-14)29-30-28-19/h1-2,4-5,7-8,15-16H,3,6,9-12H2,(H,28,29,30). The summed E-state index contributed by atoms with van der Waals surface area (Å²) in [5.74, 6) is -1.41. The maximum Gasteiger partial charge on any atom is 0.573 e. The number of fused-ring (bicyclic) bond motifs is 2. The number of hydrogen-bond acceptors (Lipinski definition) is 5. The second-order valence-electron chi connectivity index (χ2n) is 8.86. The molecule has 1 N–H and O–H groups in total. The molecule has 2 aliphatic rings. The summed E-state index contributed by atoms with van der Waals surface area (Å²) in [6.45, 7) is 2.10. The lowest BCUT2D eigenvalue weighted by Gasteiger charge is -2.22. The molecule has 184 valence electrons. The molecule has 3 aromatic rings. The molecule has 3 heterocycles. The molecule has 0 saturated carbocycles. The Hall–Kier alpha value is -3.70. The maximum absolute atomic E-state index is 14.1. The van der Waals surface area contributed by atoms with Crippen LogP contribution >= 0.6 is 0 Å². The van der Waals surface area contributed by atoms with Crippen molar-refractivity contribution >= 4 is 22.8 Å². The number of alkyl halides is 3. The number of likely N-dealkylation sites (tertiary alicyclic amines) is 2. The van der Waals surface area contributed by atoms with E-state index >= 15 is 0 Å². The molecule has 0 spiro atoms. The molecule has 1 aromatic heterocycles. The van der Waals surface area contributed by atoms with Crippen LogP contribution in [-0.2, 0) is 11.2 Å². The molecule has 8 nitrogen and oxygen atoms in total. The van der Waals surface area contributed by atoms with Crippen molar-refractivity contribution in [3.05, 3.63) is 53.3 Å². The number of H-pyrrole nitrogens is 1. The van der Waals surface area contributed by atoms with Gasteiger partial charge < -0.3 is 14.5 Å². The molecular weight excluding hydrogens is 470 g/mol. The summed E-state index contributed by atoms with van der Waals surface area (Å²) in [6, 6.07) is 8.05. The Balaban J connectivity index is 1.13. The lowest BCUT2D eigenvalue weighted by molar-refractivity contribution is -0.274. The van der Waals surface area contributed by atoms with Gasteiger partial charge in [0, 0.05) is 56.1 Å². The van der Waals surface area contributed by atoms with E-state index in [0.29, 0.717) is 48.8 Å². The third kappa shape index (κ3) is 4.91. The number of amides is 2. The fourth-order valence-corrected chi connectivity index (χ4v) is 4.85. The van der Waals surface area contributed by atoms with Crippen LogP contribution in [0, 0.1) is 17.7 Å². The summed E-state index contributed by atoms with van der Waals surface area (Å²) in [6.07, 6.45) is -4.79. The summed E-state index contributed by atoms with van der Waals surface area (Å²) in [5, 5.41) is 10.5. The van der Waals surface area contributed by atoms with E-state index in [-0.39, 0.29) is 42.1 Å². The molecule has 2 unspecified atom stereocenters. The highest BCUT2D eigenvalue weighted by Crippen LogP contribution is 2.33. The number of aryl methyl sites for hydroxylation is 1. The van der Waals surface area contributed by atoms with Crippen molar-refractivity contribution in [1.82, 2.24) is 25.2 Å². The number of aromatic nitrogens is 3.